The fraction of sp³-hybridized carbons (Fsp3) is 0.235. The van der Waals surface area contributed by atoms with Gasteiger partial charge < -0.3 is 24.8 Å². The first-order chi connectivity index (χ1) is 17.7. The number of aryl methyl sites for hydroxylation is 1. The third-order valence-corrected chi connectivity index (χ3v) is 30.8. The molecule has 2 heterocycles. The van der Waals surface area contributed by atoms with Crippen molar-refractivity contribution in [1.82, 2.24) is 0 Å². The maximum absolute atomic E-state index is 2.67. The molecule has 0 radical (unpaired) electrons. The number of fused-ring (bicyclic) bond motifs is 4. The van der Waals surface area contributed by atoms with Crippen molar-refractivity contribution < 1.29 is 45.7 Å². The van der Waals surface area contributed by atoms with E-state index in [-0.39, 0.29) is 24.8 Å². The summed E-state index contributed by atoms with van der Waals surface area (Å²) in [6, 6.07) is 33.0. The van der Waals surface area contributed by atoms with Gasteiger partial charge in [-0.3, -0.25) is 0 Å². The van der Waals surface area contributed by atoms with Crippen LogP contribution in [0.3, 0.4) is 0 Å². The van der Waals surface area contributed by atoms with Gasteiger partial charge in [-0.05, 0) is 0 Å². The molecule has 38 heavy (non-hydrogen) atoms. The molecule has 4 aromatic rings. The standard InChI is InChI=1S/C22H25.C12H8Si.2ClH.Zr/c1-4-8-18-11-12-20-14-17(13-16(2)3)15-21(20)22(18)19-9-6-5-7-10-19;1-3-7-11-9(5-1)10-6-2-4-8-12(10)13-11;;;/h5-7,9-12,14-16H,4,8,13H2,1-3H3;1-7,13H;2*1H;/q;;;;+2/p-2. The van der Waals surface area contributed by atoms with Gasteiger partial charge in [-0.1, -0.05) is 0 Å². The van der Waals surface area contributed by atoms with Crippen LogP contribution in [0.5, 0.6) is 0 Å². The monoisotopic (exact) mass is 629 g/mol. The second-order valence-corrected chi connectivity index (χ2v) is 26.2. The van der Waals surface area contributed by atoms with Crippen molar-refractivity contribution in [3.63, 3.8) is 0 Å². The van der Waals surface area contributed by atoms with Crippen molar-refractivity contribution in [1.29, 1.82) is 0 Å². The third kappa shape index (κ3) is 4.19. The third-order valence-electron chi connectivity index (χ3n) is 8.49. The molecule has 0 fully saturated rings. The zero-order chi connectivity index (χ0) is 24.4. The average Bonchev–Trinajstić information content (AvgIpc) is 3.39. The maximum atomic E-state index is 2.67. The van der Waals surface area contributed by atoms with Crippen LogP contribution in [0.2, 0.25) is 0 Å². The van der Waals surface area contributed by atoms with E-state index >= 15 is 0 Å². The van der Waals surface area contributed by atoms with E-state index < -0.39 is 26.8 Å². The number of benzene rings is 4. The van der Waals surface area contributed by atoms with Gasteiger partial charge in [0.15, 0.2) is 0 Å². The summed E-state index contributed by atoms with van der Waals surface area (Å²) in [6.45, 7) is 7.13. The maximum Gasteiger partial charge on any atom is -1.00 e. The average molecular weight is 632 g/mol. The molecule has 0 nitrogen and oxygen atoms in total. The van der Waals surface area contributed by atoms with Crippen molar-refractivity contribution in [2.75, 3.05) is 0 Å². The molecule has 2 unspecified atom stereocenters. The van der Waals surface area contributed by atoms with Crippen LogP contribution >= 0.6 is 0 Å². The van der Waals surface area contributed by atoms with Gasteiger partial charge in [-0.25, -0.2) is 0 Å². The molecule has 0 aromatic heterocycles. The van der Waals surface area contributed by atoms with Gasteiger partial charge >= 0.3 is 226 Å². The first-order valence-electron chi connectivity index (χ1n) is 13.7. The molecular weight excluding hydrogens is 599 g/mol. The van der Waals surface area contributed by atoms with Crippen LogP contribution in [-0.2, 0) is 27.3 Å². The molecular formula is C34H33Cl2SiZr. The molecule has 0 amide bonds. The Bertz CT molecular complexity index is 1530. The van der Waals surface area contributed by atoms with Crippen LogP contribution in [0.1, 0.15) is 53.9 Å². The molecule has 0 bridgehead atoms. The Balaban J connectivity index is 0.00000147. The van der Waals surface area contributed by atoms with Crippen molar-refractivity contribution in [2.45, 2.75) is 43.7 Å². The first kappa shape index (κ1) is 27.9. The Hall–Kier alpha value is -1.70. The zero-order valence-corrected chi connectivity index (χ0v) is 27.4. The smallest absolute Gasteiger partial charge is 1.00 e. The van der Waals surface area contributed by atoms with Crippen LogP contribution in [0.15, 0.2) is 90.5 Å². The molecule has 1 aliphatic carbocycles. The normalized spacial score (nSPS) is 17.6. The molecule has 2 atom stereocenters. The van der Waals surface area contributed by atoms with Crippen molar-refractivity contribution in [3.05, 3.63) is 107 Å². The van der Waals surface area contributed by atoms with Crippen molar-refractivity contribution in [3.8, 4) is 22.3 Å². The Morgan fingerprint density at radius 2 is 1.55 bits per heavy atom. The Labute approximate surface area is 248 Å². The fourth-order valence-electron chi connectivity index (χ4n) is 7.23. The molecule has 0 N–H and O–H groups in total. The van der Waals surface area contributed by atoms with Gasteiger partial charge in [-0.2, -0.15) is 0 Å². The van der Waals surface area contributed by atoms with E-state index in [2.05, 4.69) is 112 Å². The van der Waals surface area contributed by atoms with E-state index in [1.54, 1.807) is 33.0 Å². The molecule has 2 aliphatic heterocycles. The molecule has 191 valence electrons. The van der Waals surface area contributed by atoms with Gasteiger partial charge in [-0.15, -0.1) is 0 Å². The quantitative estimate of drug-likeness (QED) is 0.274. The van der Waals surface area contributed by atoms with E-state index in [1.807, 2.05) is 8.46 Å². The number of hydrogen-bond acceptors (Lipinski definition) is 0. The van der Waals surface area contributed by atoms with Crippen molar-refractivity contribution >= 4 is 25.6 Å². The molecule has 3 aliphatic rings. The summed E-state index contributed by atoms with van der Waals surface area (Å²) in [6.07, 6.45) is 6.25. The topological polar surface area (TPSA) is 0 Å². The summed E-state index contributed by atoms with van der Waals surface area (Å²) < 4.78 is 2.56. The second-order valence-electron chi connectivity index (χ2n) is 11.2. The van der Waals surface area contributed by atoms with E-state index in [1.165, 1.54) is 29.5 Å². The van der Waals surface area contributed by atoms with Crippen LogP contribution in [-0.4, -0.2) is 5.92 Å². The SMILES string of the molecule is CCCc1ccc2c(c1-c1ccccc1)C=C(CC(C)C)[CH]2[Zr+2]1[c]2cccc3c2[SiH]1c1ccccc1-3.[Cl-].[Cl-]. The summed E-state index contributed by atoms with van der Waals surface area (Å²) in [7, 11) is 0. The Morgan fingerprint density at radius 3 is 2.32 bits per heavy atom. The van der Waals surface area contributed by atoms with Gasteiger partial charge in [0.1, 0.15) is 0 Å². The van der Waals surface area contributed by atoms with Crippen LogP contribution in [0.25, 0.3) is 28.3 Å². The Kier molecular flexibility index (Phi) is 8.10. The van der Waals surface area contributed by atoms with Crippen LogP contribution in [0, 0.1) is 5.92 Å². The van der Waals surface area contributed by atoms with E-state index in [0.717, 1.165) is 6.42 Å². The van der Waals surface area contributed by atoms with Crippen molar-refractivity contribution in [2.24, 2.45) is 5.92 Å². The summed E-state index contributed by atoms with van der Waals surface area (Å²) in [5.41, 5.74) is 12.6. The molecule has 4 aromatic carbocycles. The minimum atomic E-state index is -1.95. The van der Waals surface area contributed by atoms with Gasteiger partial charge in [0, 0.05) is 0 Å². The van der Waals surface area contributed by atoms with E-state index in [4.69, 9.17) is 0 Å². The van der Waals surface area contributed by atoms with Gasteiger partial charge in [0.25, 0.3) is 0 Å². The second kappa shape index (κ2) is 11.1. The van der Waals surface area contributed by atoms with E-state index in [9.17, 15) is 0 Å². The fourth-order valence-corrected chi connectivity index (χ4v) is 33.4. The number of hydrogen-bond donors (Lipinski definition) is 0. The number of rotatable bonds is 6. The summed E-state index contributed by atoms with van der Waals surface area (Å²) >= 11 is -1.95. The van der Waals surface area contributed by atoms with Crippen LogP contribution < -0.4 is 38.5 Å². The summed E-state index contributed by atoms with van der Waals surface area (Å²) in [5, 5.41) is 3.60. The molecule has 7 rings (SSSR count). The first-order valence-corrected chi connectivity index (χ1v) is 22.3. The Morgan fingerprint density at radius 1 is 0.816 bits per heavy atom. The summed E-state index contributed by atoms with van der Waals surface area (Å²) in [4.78, 5) is 0. The van der Waals surface area contributed by atoms with Gasteiger partial charge in [0.05, 0.1) is 0 Å². The van der Waals surface area contributed by atoms with E-state index in [0.29, 0.717) is 9.54 Å². The zero-order valence-electron chi connectivity index (χ0n) is 22.3. The number of allylic oxidation sites excluding steroid dienone is 1. The number of halogens is 2. The predicted molar refractivity (Wildman–Crippen MR) is 154 cm³/mol. The summed E-state index contributed by atoms with van der Waals surface area (Å²) in [5.74, 6) is -0.362. The minimum absolute atomic E-state index is 0. The molecule has 0 saturated carbocycles. The molecule has 0 spiro atoms. The minimum Gasteiger partial charge on any atom is -1.00 e. The molecule has 0 saturated heterocycles. The largest absolute Gasteiger partial charge is 1.00 e. The van der Waals surface area contributed by atoms with Gasteiger partial charge in [0.2, 0.25) is 0 Å². The predicted octanol–water partition coefficient (Wildman–Crippen LogP) is 0.574. The molecule has 4 heteroatoms. The van der Waals surface area contributed by atoms with Crippen LogP contribution in [0.4, 0.5) is 0 Å².